The fourth-order valence-electron chi connectivity index (χ4n) is 1.86. The Morgan fingerprint density at radius 2 is 2.00 bits per heavy atom. The lowest BCUT2D eigenvalue weighted by Crippen LogP contribution is -2.20. The summed E-state index contributed by atoms with van der Waals surface area (Å²) >= 11 is 1.80. The molecule has 0 bridgehead atoms. The van der Waals surface area contributed by atoms with E-state index in [9.17, 15) is 0 Å². The number of hydrogen-bond donors (Lipinski definition) is 1. The molecule has 0 saturated carbocycles. The molecular weight excluding hydrogens is 242 g/mol. The van der Waals surface area contributed by atoms with Crippen molar-refractivity contribution in [3.8, 4) is 5.75 Å². The van der Waals surface area contributed by atoms with Gasteiger partial charge in [-0.15, -0.1) is 11.3 Å². The van der Waals surface area contributed by atoms with E-state index in [2.05, 4.69) is 41.9 Å². The first-order valence-electron chi connectivity index (χ1n) is 6.19. The molecule has 18 heavy (non-hydrogen) atoms. The smallest absolute Gasteiger partial charge is 0.118 e. The average molecular weight is 261 g/mol. The third-order valence-corrected chi connectivity index (χ3v) is 4.05. The Balaban J connectivity index is 1.77. The van der Waals surface area contributed by atoms with E-state index in [1.54, 1.807) is 18.4 Å². The number of rotatable bonds is 6. The first-order valence-corrected chi connectivity index (χ1v) is 7.07. The van der Waals surface area contributed by atoms with Crippen LogP contribution >= 0.6 is 11.3 Å². The van der Waals surface area contributed by atoms with Gasteiger partial charge in [-0.2, -0.15) is 0 Å². The molecule has 0 saturated heterocycles. The quantitative estimate of drug-likeness (QED) is 0.857. The number of ether oxygens (including phenoxy) is 1. The van der Waals surface area contributed by atoms with Crippen molar-refractivity contribution in [2.24, 2.45) is 0 Å². The molecule has 2 rings (SSSR count). The summed E-state index contributed by atoms with van der Waals surface area (Å²) < 4.78 is 5.15. The number of thiophene rings is 1. The van der Waals surface area contributed by atoms with Gasteiger partial charge in [-0.25, -0.2) is 0 Å². The van der Waals surface area contributed by atoms with Crippen molar-refractivity contribution in [1.82, 2.24) is 5.32 Å². The minimum Gasteiger partial charge on any atom is -0.497 e. The molecule has 0 radical (unpaired) electrons. The molecule has 0 aliphatic rings. The summed E-state index contributed by atoms with van der Waals surface area (Å²) in [5.41, 5.74) is 1.33. The minimum atomic E-state index is 0.434. The first-order chi connectivity index (χ1) is 8.79. The van der Waals surface area contributed by atoms with Crippen molar-refractivity contribution in [3.05, 3.63) is 52.2 Å². The van der Waals surface area contributed by atoms with Crippen LogP contribution in [-0.2, 0) is 6.42 Å². The highest BCUT2D eigenvalue weighted by Gasteiger charge is 2.04. The molecule has 0 aliphatic carbocycles. The summed E-state index contributed by atoms with van der Waals surface area (Å²) in [6, 6.07) is 13.0. The maximum atomic E-state index is 5.15. The fraction of sp³-hybridized carbons (Fsp3) is 0.333. The minimum absolute atomic E-state index is 0.434. The van der Waals surface area contributed by atoms with Crippen molar-refractivity contribution >= 4 is 11.3 Å². The van der Waals surface area contributed by atoms with E-state index in [-0.39, 0.29) is 0 Å². The van der Waals surface area contributed by atoms with Crippen LogP contribution in [0.5, 0.6) is 5.75 Å². The Hall–Kier alpha value is -1.32. The van der Waals surface area contributed by atoms with Gasteiger partial charge in [-0.3, -0.25) is 0 Å². The van der Waals surface area contributed by atoms with E-state index >= 15 is 0 Å². The van der Waals surface area contributed by atoms with Gasteiger partial charge in [0.05, 0.1) is 7.11 Å². The topological polar surface area (TPSA) is 21.3 Å². The van der Waals surface area contributed by atoms with E-state index in [4.69, 9.17) is 4.74 Å². The molecule has 2 nitrogen and oxygen atoms in total. The van der Waals surface area contributed by atoms with Gasteiger partial charge >= 0.3 is 0 Å². The number of methoxy groups -OCH3 is 1. The van der Waals surface area contributed by atoms with Crippen molar-refractivity contribution in [2.45, 2.75) is 19.4 Å². The molecule has 0 amide bonds. The zero-order valence-electron chi connectivity index (χ0n) is 10.8. The molecule has 1 heterocycles. The molecule has 96 valence electrons. The van der Waals surface area contributed by atoms with Crippen LogP contribution in [0, 0.1) is 0 Å². The van der Waals surface area contributed by atoms with Crippen LogP contribution in [0.25, 0.3) is 0 Å². The Kier molecular flexibility index (Phi) is 4.79. The summed E-state index contributed by atoms with van der Waals surface area (Å²) in [6.45, 7) is 3.20. The van der Waals surface area contributed by atoms with E-state index in [1.807, 2.05) is 12.1 Å². The predicted octanol–water partition coefficient (Wildman–Crippen LogP) is 3.65. The maximum absolute atomic E-state index is 5.15. The third-order valence-electron chi connectivity index (χ3n) is 2.99. The van der Waals surface area contributed by atoms with Crippen molar-refractivity contribution in [2.75, 3.05) is 13.7 Å². The molecular formula is C15H19NOS. The Morgan fingerprint density at radius 1 is 1.22 bits per heavy atom. The molecule has 0 aliphatic heterocycles. The van der Waals surface area contributed by atoms with Gasteiger partial charge in [0.2, 0.25) is 0 Å². The SMILES string of the molecule is COc1ccc(CCN[C@@H](C)c2cccs2)cc1. The highest BCUT2D eigenvalue weighted by Crippen LogP contribution is 2.18. The van der Waals surface area contributed by atoms with Crippen molar-refractivity contribution < 1.29 is 4.74 Å². The highest BCUT2D eigenvalue weighted by molar-refractivity contribution is 7.10. The second-order valence-corrected chi connectivity index (χ2v) is 5.27. The van der Waals surface area contributed by atoms with Crippen LogP contribution < -0.4 is 10.1 Å². The second-order valence-electron chi connectivity index (χ2n) is 4.29. The Bertz CT molecular complexity index is 450. The van der Waals surface area contributed by atoms with Crippen LogP contribution in [0.3, 0.4) is 0 Å². The lowest BCUT2D eigenvalue weighted by atomic mass is 10.1. The van der Waals surface area contributed by atoms with E-state index in [0.717, 1.165) is 18.7 Å². The summed E-state index contributed by atoms with van der Waals surface area (Å²) in [7, 11) is 1.69. The standard InChI is InChI=1S/C15H19NOS/c1-12(15-4-3-11-18-15)16-10-9-13-5-7-14(17-2)8-6-13/h3-8,11-12,16H,9-10H2,1-2H3/t12-/m0/s1. The van der Waals surface area contributed by atoms with Crippen LogP contribution in [0.1, 0.15) is 23.4 Å². The molecule has 2 aromatic rings. The predicted molar refractivity (Wildman–Crippen MR) is 77.4 cm³/mol. The van der Waals surface area contributed by atoms with Gasteiger partial charge in [-0.05, 0) is 49.0 Å². The average Bonchev–Trinajstić information content (AvgIpc) is 2.93. The van der Waals surface area contributed by atoms with Crippen LogP contribution in [0.2, 0.25) is 0 Å². The summed E-state index contributed by atoms with van der Waals surface area (Å²) in [6.07, 6.45) is 1.04. The highest BCUT2D eigenvalue weighted by atomic mass is 32.1. The summed E-state index contributed by atoms with van der Waals surface area (Å²) in [5.74, 6) is 0.915. The molecule has 1 N–H and O–H groups in total. The lowest BCUT2D eigenvalue weighted by molar-refractivity contribution is 0.414. The van der Waals surface area contributed by atoms with E-state index in [1.165, 1.54) is 10.4 Å². The van der Waals surface area contributed by atoms with Gasteiger partial charge in [-0.1, -0.05) is 18.2 Å². The zero-order valence-corrected chi connectivity index (χ0v) is 11.7. The normalized spacial score (nSPS) is 12.3. The van der Waals surface area contributed by atoms with Crippen molar-refractivity contribution in [3.63, 3.8) is 0 Å². The summed E-state index contributed by atoms with van der Waals surface area (Å²) in [5, 5.41) is 5.66. The second kappa shape index (κ2) is 6.57. The first kappa shape index (κ1) is 13.1. The Labute approximate surface area is 113 Å². The van der Waals surface area contributed by atoms with Gasteiger partial charge in [0.15, 0.2) is 0 Å². The van der Waals surface area contributed by atoms with E-state index < -0.39 is 0 Å². The lowest BCUT2D eigenvalue weighted by Gasteiger charge is -2.12. The molecule has 0 fully saturated rings. The molecule has 1 atom stereocenters. The van der Waals surface area contributed by atoms with Crippen molar-refractivity contribution in [1.29, 1.82) is 0 Å². The molecule has 3 heteroatoms. The van der Waals surface area contributed by atoms with Gasteiger partial charge in [0, 0.05) is 10.9 Å². The molecule has 1 aromatic heterocycles. The monoisotopic (exact) mass is 261 g/mol. The number of benzene rings is 1. The molecule has 0 unspecified atom stereocenters. The fourth-order valence-corrected chi connectivity index (χ4v) is 2.62. The largest absolute Gasteiger partial charge is 0.497 e. The van der Waals surface area contributed by atoms with Crippen LogP contribution in [0.4, 0.5) is 0 Å². The van der Waals surface area contributed by atoms with Gasteiger partial charge < -0.3 is 10.1 Å². The van der Waals surface area contributed by atoms with E-state index in [0.29, 0.717) is 6.04 Å². The molecule has 0 spiro atoms. The maximum Gasteiger partial charge on any atom is 0.118 e. The van der Waals surface area contributed by atoms with Gasteiger partial charge in [0.25, 0.3) is 0 Å². The molecule has 1 aromatic carbocycles. The van der Waals surface area contributed by atoms with Gasteiger partial charge in [0.1, 0.15) is 5.75 Å². The van der Waals surface area contributed by atoms with Crippen LogP contribution in [-0.4, -0.2) is 13.7 Å². The third kappa shape index (κ3) is 3.59. The van der Waals surface area contributed by atoms with Crippen LogP contribution in [0.15, 0.2) is 41.8 Å². The summed E-state index contributed by atoms with van der Waals surface area (Å²) in [4.78, 5) is 1.39. The Morgan fingerprint density at radius 3 is 2.61 bits per heavy atom. The number of hydrogen-bond acceptors (Lipinski definition) is 3. The zero-order chi connectivity index (χ0) is 12.8. The number of nitrogens with one attached hydrogen (secondary N) is 1.